The molecule has 3 N–H and O–H groups in total. The van der Waals surface area contributed by atoms with E-state index in [9.17, 15) is 8.42 Å². The van der Waals surface area contributed by atoms with Crippen molar-refractivity contribution < 1.29 is 13.2 Å². The zero-order valence-electron chi connectivity index (χ0n) is 11.8. The third-order valence-electron chi connectivity index (χ3n) is 2.80. The summed E-state index contributed by atoms with van der Waals surface area (Å²) in [6.07, 6.45) is 1.37. The van der Waals surface area contributed by atoms with Crippen LogP contribution in [0, 0.1) is 6.92 Å². The Kier molecular flexibility index (Phi) is 4.32. The number of nitrogen functional groups attached to an aromatic ring is 1. The number of ether oxygens (including phenoxy) is 1. The third-order valence-corrected chi connectivity index (χ3v) is 4.17. The molecule has 0 saturated heterocycles. The summed E-state index contributed by atoms with van der Waals surface area (Å²) in [6.45, 7) is 4.21. The minimum atomic E-state index is -3.67. The van der Waals surface area contributed by atoms with Gasteiger partial charge in [-0.3, -0.25) is 4.72 Å². The SMILES string of the molecule is CCOc1ccc(S(=O)(=O)Nc2ccc(N)nc2)cc1C. The number of rotatable bonds is 5. The van der Waals surface area contributed by atoms with Gasteiger partial charge in [0.25, 0.3) is 10.0 Å². The summed E-state index contributed by atoms with van der Waals surface area (Å²) in [5, 5.41) is 0. The van der Waals surface area contributed by atoms with Crippen molar-refractivity contribution >= 4 is 21.5 Å². The van der Waals surface area contributed by atoms with Crippen LogP contribution >= 0.6 is 0 Å². The van der Waals surface area contributed by atoms with Crippen LogP contribution in [0.2, 0.25) is 0 Å². The maximum absolute atomic E-state index is 12.3. The first kappa shape index (κ1) is 15.1. The van der Waals surface area contributed by atoms with Gasteiger partial charge in [-0.1, -0.05) is 0 Å². The second-order valence-electron chi connectivity index (χ2n) is 4.44. The molecule has 0 bridgehead atoms. The first-order valence-corrected chi connectivity index (χ1v) is 7.88. The lowest BCUT2D eigenvalue weighted by atomic mass is 10.2. The molecule has 6 nitrogen and oxygen atoms in total. The fourth-order valence-corrected chi connectivity index (χ4v) is 2.91. The molecule has 0 radical (unpaired) electrons. The van der Waals surface area contributed by atoms with Gasteiger partial charge in [-0.2, -0.15) is 0 Å². The minimum Gasteiger partial charge on any atom is -0.494 e. The largest absolute Gasteiger partial charge is 0.494 e. The first-order valence-electron chi connectivity index (χ1n) is 6.40. The van der Waals surface area contributed by atoms with Crippen molar-refractivity contribution in [3.05, 3.63) is 42.1 Å². The van der Waals surface area contributed by atoms with E-state index >= 15 is 0 Å². The number of nitrogens with two attached hydrogens (primary N) is 1. The molecule has 1 aromatic carbocycles. The quantitative estimate of drug-likeness (QED) is 0.883. The van der Waals surface area contributed by atoms with Crippen molar-refractivity contribution in [2.24, 2.45) is 0 Å². The molecule has 0 amide bonds. The average Bonchev–Trinajstić information content (AvgIpc) is 2.43. The van der Waals surface area contributed by atoms with Gasteiger partial charge in [-0.25, -0.2) is 13.4 Å². The van der Waals surface area contributed by atoms with Crippen LogP contribution in [0.25, 0.3) is 0 Å². The van der Waals surface area contributed by atoms with Crippen molar-refractivity contribution in [2.45, 2.75) is 18.7 Å². The summed E-state index contributed by atoms with van der Waals surface area (Å²) in [6, 6.07) is 7.81. The second kappa shape index (κ2) is 6.01. The van der Waals surface area contributed by atoms with Crippen molar-refractivity contribution in [3.63, 3.8) is 0 Å². The van der Waals surface area contributed by atoms with Crippen LogP contribution in [0.5, 0.6) is 5.75 Å². The number of hydrogen-bond donors (Lipinski definition) is 2. The molecule has 0 aliphatic heterocycles. The summed E-state index contributed by atoms with van der Waals surface area (Å²) in [5.41, 5.74) is 6.58. The standard InChI is InChI=1S/C14H17N3O3S/c1-3-20-13-6-5-12(8-10(13)2)21(18,19)17-11-4-7-14(15)16-9-11/h4-9,17H,3H2,1-2H3,(H2,15,16). The van der Waals surface area contributed by atoms with Crippen LogP contribution < -0.4 is 15.2 Å². The summed E-state index contributed by atoms with van der Waals surface area (Å²) in [5.74, 6) is 1.00. The van der Waals surface area contributed by atoms with Gasteiger partial charge in [-0.05, 0) is 49.7 Å². The molecule has 1 heterocycles. The number of hydrogen-bond acceptors (Lipinski definition) is 5. The van der Waals surface area contributed by atoms with E-state index in [1.54, 1.807) is 25.1 Å². The van der Waals surface area contributed by atoms with Crippen molar-refractivity contribution in [1.82, 2.24) is 4.98 Å². The molecular weight excluding hydrogens is 290 g/mol. The number of sulfonamides is 1. The van der Waals surface area contributed by atoms with E-state index in [0.29, 0.717) is 23.9 Å². The van der Waals surface area contributed by atoms with E-state index in [1.165, 1.54) is 18.3 Å². The number of anilines is 2. The number of aryl methyl sites for hydroxylation is 1. The molecule has 2 aromatic rings. The Morgan fingerprint density at radius 2 is 2.05 bits per heavy atom. The van der Waals surface area contributed by atoms with Crippen LogP contribution in [0.15, 0.2) is 41.4 Å². The Morgan fingerprint density at radius 1 is 1.29 bits per heavy atom. The van der Waals surface area contributed by atoms with E-state index in [2.05, 4.69) is 9.71 Å². The molecule has 0 unspecified atom stereocenters. The van der Waals surface area contributed by atoms with E-state index in [0.717, 1.165) is 5.56 Å². The summed E-state index contributed by atoms with van der Waals surface area (Å²) < 4.78 is 32.4. The Balaban J connectivity index is 2.27. The Bertz CT molecular complexity index is 728. The highest BCUT2D eigenvalue weighted by Gasteiger charge is 2.15. The maximum Gasteiger partial charge on any atom is 0.261 e. The Hall–Kier alpha value is -2.28. The first-order chi connectivity index (χ1) is 9.92. The zero-order chi connectivity index (χ0) is 15.5. The van der Waals surface area contributed by atoms with Gasteiger partial charge < -0.3 is 10.5 Å². The van der Waals surface area contributed by atoms with E-state index in [1.807, 2.05) is 6.92 Å². The molecule has 0 spiro atoms. The van der Waals surface area contributed by atoms with Crippen LogP contribution in [0.1, 0.15) is 12.5 Å². The van der Waals surface area contributed by atoms with Crippen LogP contribution in [-0.2, 0) is 10.0 Å². The van der Waals surface area contributed by atoms with Crippen LogP contribution in [0.4, 0.5) is 11.5 Å². The molecular formula is C14H17N3O3S. The summed E-state index contributed by atoms with van der Waals surface area (Å²) >= 11 is 0. The number of aromatic nitrogens is 1. The third kappa shape index (κ3) is 3.63. The van der Waals surface area contributed by atoms with Crippen LogP contribution in [-0.4, -0.2) is 20.0 Å². The van der Waals surface area contributed by atoms with Gasteiger partial charge in [0.15, 0.2) is 0 Å². The van der Waals surface area contributed by atoms with Gasteiger partial charge in [0, 0.05) is 0 Å². The Labute approximate surface area is 124 Å². The highest BCUT2D eigenvalue weighted by atomic mass is 32.2. The molecule has 0 atom stereocenters. The normalized spacial score (nSPS) is 11.1. The smallest absolute Gasteiger partial charge is 0.261 e. The Morgan fingerprint density at radius 3 is 2.62 bits per heavy atom. The number of pyridine rings is 1. The van der Waals surface area contributed by atoms with E-state index in [-0.39, 0.29) is 4.90 Å². The van der Waals surface area contributed by atoms with Crippen molar-refractivity contribution in [1.29, 1.82) is 0 Å². The maximum atomic E-state index is 12.3. The number of nitrogens with one attached hydrogen (secondary N) is 1. The highest BCUT2D eigenvalue weighted by molar-refractivity contribution is 7.92. The van der Waals surface area contributed by atoms with Crippen LogP contribution in [0.3, 0.4) is 0 Å². The monoisotopic (exact) mass is 307 g/mol. The fourth-order valence-electron chi connectivity index (χ4n) is 1.79. The fraction of sp³-hybridized carbons (Fsp3) is 0.214. The average molecular weight is 307 g/mol. The van der Waals surface area contributed by atoms with Gasteiger partial charge in [0.2, 0.25) is 0 Å². The van der Waals surface area contributed by atoms with Crippen molar-refractivity contribution in [2.75, 3.05) is 17.1 Å². The lowest BCUT2D eigenvalue weighted by Gasteiger charge is -2.11. The molecule has 1 aromatic heterocycles. The van der Waals surface area contributed by atoms with Crippen molar-refractivity contribution in [3.8, 4) is 5.75 Å². The predicted molar refractivity (Wildman–Crippen MR) is 81.8 cm³/mol. The molecule has 112 valence electrons. The highest BCUT2D eigenvalue weighted by Crippen LogP contribution is 2.23. The molecule has 0 fully saturated rings. The molecule has 21 heavy (non-hydrogen) atoms. The van der Waals surface area contributed by atoms with Gasteiger partial charge in [-0.15, -0.1) is 0 Å². The lowest BCUT2D eigenvalue weighted by Crippen LogP contribution is -2.13. The molecule has 7 heteroatoms. The van der Waals surface area contributed by atoms with Gasteiger partial charge in [0.05, 0.1) is 23.4 Å². The second-order valence-corrected chi connectivity index (χ2v) is 6.12. The topological polar surface area (TPSA) is 94.3 Å². The summed E-state index contributed by atoms with van der Waals surface area (Å²) in [4.78, 5) is 4.01. The lowest BCUT2D eigenvalue weighted by molar-refractivity contribution is 0.337. The zero-order valence-corrected chi connectivity index (χ0v) is 12.6. The number of nitrogens with zero attached hydrogens (tertiary/aromatic N) is 1. The molecule has 0 aliphatic rings. The van der Waals surface area contributed by atoms with Gasteiger partial charge >= 0.3 is 0 Å². The van der Waals surface area contributed by atoms with E-state index < -0.39 is 10.0 Å². The molecule has 2 rings (SSSR count). The van der Waals surface area contributed by atoms with E-state index in [4.69, 9.17) is 10.5 Å². The summed E-state index contributed by atoms with van der Waals surface area (Å²) in [7, 11) is -3.67. The molecule has 0 aliphatic carbocycles. The predicted octanol–water partition coefficient (Wildman–Crippen LogP) is 2.17. The molecule has 0 saturated carbocycles. The number of benzene rings is 1. The minimum absolute atomic E-state index is 0.167. The van der Waals surface area contributed by atoms with Gasteiger partial charge in [0.1, 0.15) is 11.6 Å².